The molecule has 0 aliphatic heterocycles. The van der Waals surface area contributed by atoms with E-state index in [4.69, 9.17) is 18.9 Å². The van der Waals surface area contributed by atoms with Crippen molar-refractivity contribution in [3.63, 3.8) is 0 Å². The van der Waals surface area contributed by atoms with Crippen LogP contribution in [0.5, 0.6) is 0 Å². The van der Waals surface area contributed by atoms with E-state index >= 15 is 0 Å². The molecule has 0 saturated carbocycles. The number of hydrogen-bond donors (Lipinski definition) is 0. The number of rotatable bonds is 60. The van der Waals surface area contributed by atoms with Crippen molar-refractivity contribution in [2.45, 2.75) is 197 Å². The SMILES string of the molecule is CCCCC(CC)CSSCCOC(=O)CCN(CCCN(C)CCCN(CCC(=O)OCCSSCC(CC)CCCC)CCC(=O)OCCSSCC(CC)CCCC)CCC(=O)OCCSSCC(CC)CCCC. The summed E-state index contributed by atoms with van der Waals surface area (Å²) in [4.78, 5) is 58.3. The number of ether oxygens (including phenoxy) is 4. The molecule has 0 rings (SSSR count). The Labute approximate surface area is 511 Å². The second kappa shape index (κ2) is 59.3. The van der Waals surface area contributed by atoms with Crippen LogP contribution in [0, 0.1) is 23.7 Å². The van der Waals surface area contributed by atoms with Gasteiger partial charge in [-0.15, -0.1) is 0 Å². The monoisotopic (exact) mass is 1250 g/mol. The highest BCUT2D eigenvalue weighted by Gasteiger charge is 2.17. The average Bonchev–Trinajstić information content (AvgIpc) is 3.44. The summed E-state index contributed by atoms with van der Waals surface area (Å²) in [5.41, 5.74) is 0. The number of hydrogen-bond acceptors (Lipinski definition) is 19. The Morgan fingerprint density at radius 2 is 0.577 bits per heavy atom. The van der Waals surface area contributed by atoms with Gasteiger partial charge in [-0.3, -0.25) is 19.2 Å². The van der Waals surface area contributed by atoms with Gasteiger partial charge in [0.25, 0.3) is 0 Å². The van der Waals surface area contributed by atoms with Crippen molar-refractivity contribution in [3.05, 3.63) is 0 Å². The number of carbonyl (C=O) groups excluding carboxylic acids is 4. The van der Waals surface area contributed by atoms with Gasteiger partial charge in [0.1, 0.15) is 26.4 Å². The lowest BCUT2D eigenvalue weighted by Crippen LogP contribution is -2.34. The highest BCUT2D eigenvalue weighted by atomic mass is 33.1. The summed E-state index contributed by atoms with van der Waals surface area (Å²) >= 11 is 0. The topological polar surface area (TPSA) is 115 Å². The Balaban J connectivity index is 5.26. The molecule has 0 aromatic carbocycles. The van der Waals surface area contributed by atoms with Gasteiger partial charge in [-0.2, -0.15) is 0 Å². The zero-order valence-electron chi connectivity index (χ0n) is 50.9. The molecule has 0 fully saturated rings. The molecule has 4 atom stereocenters. The number of esters is 4. The first-order chi connectivity index (χ1) is 38.0. The molecule has 0 spiro atoms. The molecule has 0 N–H and O–H groups in total. The van der Waals surface area contributed by atoms with Crippen LogP contribution in [-0.4, -0.2) is 170 Å². The maximum Gasteiger partial charge on any atom is 0.307 e. The van der Waals surface area contributed by atoms with Gasteiger partial charge in [0.05, 0.1) is 25.7 Å². The number of carbonyl (C=O) groups is 4. The minimum absolute atomic E-state index is 0.196. The molecule has 0 bridgehead atoms. The zero-order valence-corrected chi connectivity index (χ0v) is 57.4. The fraction of sp³-hybridized carbons (Fsp3) is 0.932. The van der Waals surface area contributed by atoms with Gasteiger partial charge in [0.2, 0.25) is 0 Å². The largest absolute Gasteiger partial charge is 0.465 e. The maximum absolute atomic E-state index is 12.9. The van der Waals surface area contributed by atoms with E-state index in [1.54, 1.807) is 43.2 Å². The molecule has 0 radical (unpaired) electrons. The van der Waals surface area contributed by atoms with Gasteiger partial charge >= 0.3 is 23.9 Å². The molecule has 0 saturated heterocycles. The molecule has 19 heteroatoms. The summed E-state index contributed by atoms with van der Waals surface area (Å²) in [5, 5.41) is 0. The summed E-state index contributed by atoms with van der Waals surface area (Å²) in [6.45, 7) is 25.1. The Bertz CT molecular complexity index is 1200. The first-order valence-corrected chi connectivity index (χ1v) is 40.7. The quantitative estimate of drug-likeness (QED) is 0.0249. The van der Waals surface area contributed by atoms with Gasteiger partial charge in [0, 0.05) is 72.2 Å². The molecule has 0 aliphatic carbocycles. The smallest absolute Gasteiger partial charge is 0.307 e. The van der Waals surface area contributed by atoms with Gasteiger partial charge in [0.15, 0.2) is 0 Å². The van der Waals surface area contributed by atoms with E-state index in [2.05, 4.69) is 77.1 Å². The minimum atomic E-state index is -0.196. The van der Waals surface area contributed by atoms with Gasteiger partial charge in [-0.25, -0.2) is 0 Å². The molecule has 0 aliphatic rings. The first-order valence-electron chi connectivity index (χ1n) is 30.7. The van der Waals surface area contributed by atoms with Crippen molar-refractivity contribution in [1.82, 2.24) is 14.7 Å². The lowest BCUT2D eigenvalue weighted by atomic mass is 10.0. The van der Waals surface area contributed by atoms with Crippen molar-refractivity contribution in [1.29, 1.82) is 0 Å². The predicted molar refractivity (Wildman–Crippen MR) is 355 cm³/mol. The Morgan fingerprint density at radius 3 is 0.795 bits per heavy atom. The fourth-order valence-corrected chi connectivity index (χ4v) is 17.9. The lowest BCUT2D eigenvalue weighted by Gasteiger charge is -2.25. The highest BCUT2D eigenvalue weighted by molar-refractivity contribution is 8.77. The van der Waals surface area contributed by atoms with Crippen LogP contribution in [0.25, 0.3) is 0 Å². The fourth-order valence-electron chi connectivity index (χ4n) is 8.36. The van der Waals surface area contributed by atoms with Crippen molar-refractivity contribution < 1.29 is 38.1 Å². The predicted octanol–water partition coefficient (Wildman–Crippen LogP) is 16.4. The molecular weight excluding hydrogens is 1140 g/mol. The lowest BCUT2D eigenvalue weighted by molar-refractivity contribution is -0.145. The molecule has 0 aromatic rings. The van der Waals surface area contributed by atoms with Crippen LogP contribution in [0.3, 0.4) is 0 Å². The van der Waals surface area contributed by atoms with E-state index in [1.807, 2.05) is 43.2 Å². The van der Waals surface area contributed by atoms with Crippen LogP contribution in [0.2, 0.25) is 0 Å². The second-order valence-corrected chi connectivity index (χ2v) is 31.2. The molecule has 0 heterocycles. The van der Waals surface area contributed by atoms with Crippen molar-refractivity contribution >= 4 is 110 Å². The van der Waals surface area contributed by atoms with E-state index in [0.29, 0.717) is 52.6 Å². The van der Waals surface area contributed by atoms with Crippen molar-refractivity contribution in [2.24, 2.45) is 23.7 Å². The van der Waals surface area contributed by atoms with Crippen LogP contribution >= 0.6 is 86.4 Å². The molecule has 4 unspecified atom stereocenters. The summed E-state index contributed by atoms with van der Waals surface area (Å²) < 4.78 is 22.6. The van der Waals surface area contributed by atoms with Crippen LogP contribution in [0.15, 0.2) is 0 Å². The van der Waals surface area contributed by atoms with E-state index in [9.17, 15) is 19.2 Å². The standard InChI is InChI=1S/C59H115N3O8S8/c1-10-18-24-52(14-5)48-75-71-44-40-67-56(63)28-36-61(37-29-57(64)68-41-45-72-76-49-53(15-6)25-19-11-2)34-22-32-60(9)33-23-35-62(38-30-58(65)69-42-46-73-77-50-54(16-7)26-20-12-3)39-31-59(66)70-43-47-74-78-51-55(17-8)27-21-13-4/h52-55H,10-51H2,1-9H3. The Hall–Kier alpha value is 0.560. The molecule has 78 heavy (non-hydrogen) atoms. The summed E-state index contributed by atoms with van der Waals surface area (Å²) in [6, 6.07) is 0. The minimum Gasteiger partial charge on any atom is -0.465 e. The summed E-state index contributed by atoms with van der Waals surface area (Å²) in [7, 11) is 16.9. The average molecular weight is 1250 g/mol. The third-order valence-electron chi connectivity index (χ3n) is 14.0. The number of unbranched alkanes of at least 4 members (excludes halogenated alkanes) is 4. The molecule has 0 aromatic heterocycles. The zero-order chi connectivity index (χ0) is 57.5. The Morgan fingerprint density at radius 1 is 0.333 bits per heavy atom. The Kier molecular flexibility index (Phi) is 59.7. The molecule has 11 nitrogen and oxygen atoms in total. The third-order valence-corrected chi connectivity index (χ3v) is 24.1. The normalized spacial score (nSPS) is 13.3. The van der Waals surface area contributed by atoms with E-state index in [0.717, 1.165) is 109 Å². The highest BCUT2D eigenvalue weighted by Crippen LogP contribution is 2.30. The van der Waals surface area contributed by atoms with Crippen LogP contribution < -0.4 is 0 Å². The number of nitrogens with zero attached hydrogens (tertiary/aromatic N) is 3. The third kappa shape index (κ3) is 51.0. The van der Waals surface area contributed by atoms with Crippen molar-refractivity contribution in [3.8, 4) is 0 Å². The van der Waals surface area contributed by atoms with Crippen molar-refractivity contribution in [2.75, 3.05) is 132 Å². The molecular formula is C59H115N3O8S8. The van der Waals surface area contributed by atoms with E-state index in [1.165, 1.54) is 103 Å². The molecule has 0 amide bonds. The summed E-state index contributed by atoms with van der Waals surface area (Å²) in [6.07, 6.45) is 23.0. The van der Waals surface area contributed by atoms with Gasteiger partial charge < -0.3 is 33.6 Å². The summed E-state index contributed by atoms with van der Waals surface area (Å²) in [5.74, 6) is 9.92. The second-order valence-electron chi connectivity index (χ2n) is 20.7. The first kappa shape index (κ1) is 78.6. The van der Waals surface area contributed by atoms with E-state index < -0.39 is 0 Å². The maximum atomic E-state index is 12.9. The van der Waals surface area contributed by atoms with Crippen LogP contribution in [-0.2, 0) is 38.1 Å². The van der Waals surface area contributed by atoms with E-state index in [-0.39, 0.29) is 49.6 Å². The molecule has 462 valence electrons. The van der Waals surface area contributed by atoms with Crippen LogP contribution in [0.1, 0.15) is 197 Å². The van der Waals surface area contributed by atoms with Gasteiger partial charge in [-0.05, 0) is 95.4 Å². The van der Waals surface area contributed by atoms with Crippen LogP contribution in [0.4, 0.5) is 0 Å². The van der Waals surface area contributed by atoms with Gasteiger partial charge in [-0.1, -0.05) is 219 Å².